The average molecular weight is 392 g/mol. The fraction of sp³-hybridized carbons (Fsp3) is 0.136. The number of carbonyl (C=O) groups excluding carboxylic acids is 2. The highest BCUT2D eigenvalue weighted by atomic mass is 19.2. The zero-order chi connectivity index (χ0) is 20.4. The molecule has 1 amide bonds. The van der Waals surface area contributed by atoms with E-state index in [-0.39, 0.29) is 23.9 Å². The first kappa shape index (κ1) is 18.6. The smallest absolute Gasteiger partial charge is 0.275 e. The molecule has 0 fully saturated rings. The Morgan fingerprint density at radius 3 is 2.59 bits per heavy atom. The van der Waals surface area contributed by atoms with Gasteiger partial charge in [0.25, 0.3) is 5.89 Å². The Bertz CT molecular complexity index is 1160. The molecule has 0 radical (unpaired) electrons. The summed E-state index contributed by atoms with van der Waals surface area (Å²) in [7, 11) is 0. The van der Waals surface area contributed by atoms with E-state index in [1.54, 1.807) is 0 Å². The molecule has 29 heavy (non-hydrogen) atoms. The molecule has 1 N–H and O–H groups in total. The average Bonchev–Trinajstić information content (AvgIpc) is 3.11. The second kappa shape index (κ2) is 7.68. The predicted molar refractivity (Wildman–Crippen MR) is 100 cm³/mol. The third-order valence-corrected chi connectivity index (χ3v) is 4.48. The van der Waals surface area contributed by atoms with Gasteiger partial charge in [0.2, 0.25) is 17.5 Å². The molecule has 1 aliphatic rings. The second-order valence-electron chi connectivity index (χ2n) is 6.52. The molecule has 0 aliphatic carbocycles. The number of benzene rings is 2. The Morgan fingerprint density at radius 1 is 1.03 bits per heavy atom. The fourth-order valence-electron chi connectivity index (χ4n) is 3.01. The van der Waals surface area contributed by atoms with E-state index in [4.69, 9.17) is 4.42 Å². The molecule has 7 heteroatoms. The molecular weight excluding hydrogens is 378 g/mol. The maximum Gasteiger partial charge on any atom is 0.275 e. The van der Waals surface area contributed by atoms with Crippen molar-refractivity contribution in [2.45, 2.75) is 12.8 Å². The highest BCUT2D eigenvalue weighted by Gasteiger charge is 2.38. The van der Waals surface area contributed by atoms with Gasteiger partial charge in [-0.3, -0.25) is 9.59 Å². The van der Waals surface area contributed by atoms with E-state index in [1.807, 2.05) is 30.3 Å². The summed E-state index contributed by atoms with van der Waals surface area (Å²) in [5.41, 5.74) is 1.34. The number of Topliss-reactive ketones (excluding diaryl/α,β-unsaturated/α-hetero) is 1. The first-order valence-corrected chi connectivity index (χ1v) is 8.84. The number of ketones is 1. The molecule has 2 heterocycles. The number of fused-ring (bicyclic) bond motifs is 1. The molecule has 5 nitrogen and oxygen atoms in total. The molecule has 0 bridgehead atoms. The van der Waals surface area contributed by atoms with Gasteiger partial charge < -0.3 is 9.73 Å². The van der Waals surface area contributed by atoms with Crippen molar-refractivity contribution in [3.63, 3.8) is 0 Å². The Kier molecular flexibility index (Phi) is 4.92. The van der Waals surface area contributed by atoms with E-state index < -0.39 is 29.2 Å². The second-order valence-corrected chi connectivity index (χ2v) is 6.52. The fourth-order valence-corrected chi connectivity index (χ4v) is 3.01. The van der Waals surface area contributed by atoms with E-state index in [9.17, 15) is 18.4 Å². The molecule has 0 spiro atoms. The lowest BCUT2D eigenvalue weighted by molar-refractivity contribution is -0.118. The van der Waals surface area contributed by atoms with E-state index in [2.05, 4.69) is 22.1 Å². The first-order chi connectivity index (χ1) is 14.0. The number of hydrogen-bond donors (Lipinski definition) is 1. The van der Waals surface area contributed by atoms with E-state index in [0.29, 0.717) is 12.0 Å². The quantitative estimate of drug-likeness (QED) is 0.547. The summed E-state index contributed by atoms with van der Waals surface area (Å²) in [4.78, 5) is 29.0. The minimum atomic E-state index is -1.12. The van der Waals surface area contributed by atoms with Crippen LogP contribution in [0.3, 0.4) is 0 Å². The number of nitrogens with one attached hydrogen (secondary N) is 1. The van der Waals surface area contributed by atoms with Gasteiger partial charge >= 0.3 is 0 Å². The number of carbonyl (C=O) groups is 2. The Balaban J connectivity index is 1.52. The van der Waals surface area contributed by atoms with Crippen molar-refractivity contribution >= 4 is 17.5 Å². The van der Waals surface area contributed by atoms with Gasteiger partial charge in [0.05, 0.1) is 0 Å². The van der Waals surface area contributed by atoms with Crippen molar-refractivity contribution in [3.8, 4) is 11.8 Å². The first-order valence-electron chi connectivity index (χ1n) is 8.84. The summed E-state index contributed by atoms with van der Waals surface area (Å²) >= 11 is 0. The lowest BCUT2D eigenvalue weighted by Gasteiger charge is -2.18. The van der Waals surface area contributed by atoms with Crippen LogP contribution in [0.5, 0.6) is 0 Å². The van der Waals surface area contributed by atoms with Crippen molar-refractivity contribution in [3.05, 3.63) is 82.9 Å². The number of oxazole rings is 1. The van der Waals surface area contributed by atoms with Gasteiger partial charge in [0, 0.05) is 6.42 Å². The summed E-state index contributed by atoms with van der Waals surface area (Å²) in [6.45, 7) is 0. The molecule has 2 aromatic carbocycles. The summed E-state index contributed by atoms with van der Waals surface area (Å²) in [6.07, 6.45) is 0.393. The van der Waals surface area contributed by atoms with E-state index >= 15 is 0 Å². The van der Waals surface area contributed by atoms with Gasteiger partial charge in [0.1, 0.15) is 5.92 Å². The van der Waals surface area contributed by atoms with E-state index in [0.717, 1.165) is 17.7 Å². The summed E-state index contributed by atoms with van der Waals surface area (Å²) in [5, 5.41) is 2.51. The molecule has 1 aliphatic heterocycles. The topological polar surface area (TPSA) is 72.2 Å². The number of anilines is 1. The van der Waals surface area contributed by atoms with Gasteiger partial charge in [-0.1, -0.05) is 42.3 Å². The lowest BCUT2D eigenvalue weighted by Crippen LogP contribution is -2.36. The molecule has 0 saturated carbocycles. The van der Waals surface area contributed by atoms with Crippen LogP contribution in [-0.4, -0.2) is 16.7 Å². The number of nitrogens with zero attached hydrogens (tertiary/aromatic N) is 1. The maximum absolute atomic E-state index is 13.4. The van der Waals surface area contributed by atoms with Crippen LogP contribution in [0.1, 0.15) is 27.6 Å². The van der Waals surface area contributed by atoms with Gasteiger partial charge in [-0.25, -0.2) is 8.78 Å². The largest absolute Gasteiger partial charge is 0.424 e. The highest BCUT2D eigenvalue weighted by Crippen LogP contribution is 2.28. The normalized spacial score (nSPS) is 15.3. The zero-order valence-electron chi connectivity index (χ0n) is 15.0. The van der Waals surface area contributed by atoms with E-state index in [1.165, 1.54) is 6.07 Å². The number of rotatable bonds is 3. The minimum Gasteiger partial charge on any atom is -0.424 e. The molecule has 3 aromatic rings. The molecule has 1 atom stereocenters. The third kappa shape index (κ3) is 3.92. The summed E-state index contributed by atoms with van der Waals surface area (Å²) in [5.74, 6) is 1.29. The lowest BCUT2D eigenvalue weighted by atomic mass is 9.91. The monoisotopic (exact) mass is 392 g/mol. The molecular formula is C22H14F2N2O3. The number of hydrogen-bond acceptors (Lipinski definition) is 4. The third-order valence-electron chi connectivity index (χ3n) is 4.48. The molecule has 1 aromatic heterocycles. The van der Waals surface area contributed by atoms with Crippen LogP contribution in [0.25, 0.3) is 0 Å². The van der Waals surface area contributed by atoms with Gasteiger partial charge in [-0.2, -0.15) is 4.98 Å². The summed E-state index contributed by atoms with van der Waals surface area (Å²) < 4.78 is 31.9. The molecule has 4 rings (SSSR count). The molecule has 144 valence electrons. The number of halogens is 2. The van der Waals surface area contributed by atoms with Crippen LogP contribution >= 0.6 is 0 Å². The van der Waals surface area contributed by atoms with Crippen LogP contribution < -0.4 is 5.32 Å². The Labute approximate surface area is 164 Å². The van der Waals surface area contributed by atoms with Crippen molar-refractivity contribution in [1.82, 2.24) is 4.98 Å². The summed E-state index contributed by atoms with van der Waals surface area (Å²) in [6, 6.07) is 12.8. The van der Waals surface area contributed by atoms with Gasteiger partial charge in [-0.15, -0.1) is 0 Å². The van der Waals surface area contributed by atoms with Crippen LogP contribution in [0.4, 0.5) is 14.6 Å². The van der Waals surface area contributed by atoms with Crippen LogP contribution in [0.15, 0.2) is 52.9 Å². The predicted octanol–water partition coefficient (Wildman–Crippen LogP) is 3.54. The van der Waals surface area contributed by atoms with Crippen LogP contribution in [0.2, 0.25) is 0 Å². The van der Waals surface area contributed by atoms with Gasteiger partial charge in [0.15, 0.2) is 17.5 Å². The Hall–Kier alpha value is -3.79. The number of amides is 1. The number of aromatic nitrogens is 1. The van der Waals surface area contributed by atoms with Crippen LogP contribution in [-0.2, 0) is 17.6 Å². The SMILES string of the molecule is O=C1Nc2nc(C#CCc3ccccc3)oc2C(=O)C1Cc1ccc(F)c(F)c1. The highest BCUT2D eigenvalue weighted by molar-refractivity contribution is 6.19. The Morgan fingerprint density at radius 2 is 1.83 bits per heavy atom. The van der Waals surface area contributed by atoms with Gasteiger partial charge in [-0.05, 0) is 35.6 Å². The molecule has 1 unspecified atom stereocenters. The van der Waals surface area contributed by atoms with Crippen molar-refractivity contribution in [2.75, 3.05) is 5.32 Å². The van der Waals surface area contributed by atoms with Crippen LogP contribution in [0, 0.1) is 29.4 Å². The maximum atomic E-state index is 13.4. The van der Waals surface area contributed by atoms with Crippen molar-refractivity contribution < 1.29 is 22.8 Å². The minimum absolute atomic E-state index is 0.0190. The van der Waals surface area contributed by atoms with Crippen molar-refractivity contribution in [1.29, 1.82) is 0 Å². The molecule has 0 saturated heterocycles. The zero-order valence-corrected chi connectivity index (χ0v) is 15.0. The standard InChI is InChI=1S/C22H14F2N2O3/c23-16-10-9-14(12-17(16)24)11-15-19(27)20-21(26-22(15)28)25-18(29-20)8-4-7-13-5-2-1-3-6-13/h1-3,5-6,9-10,12,15H,7,11H2,(H,26,28). The van der Waals surface area contributed by atoms with Crippen molar-refractivity contribution in [2.24, 2.45) is 5.92 Å².